The van der Waals surface area contributed by atoms with Gasteiger partial charge in [0.05, 0.1) is 13.2 Å². The fourth-order valence-electron chi connectivity index (χ4n) is 4.38. The summed E-state index contributed by atoms with van der Waals surface area (Å²) in [6.45, 7) is 0.784. The van der Waals surface area contributed by atoms with Crippen LogP contribution in [-0.2, 0) is 38.6 Å². The molecule has 39 heavy (non-hydrogen) atoms. The minimum atomic E-state index is -0.676. The van der Waals surface area contributed by atoms with Gasteiger partial charge < -0.3 is 31.3 Å². The number of anilines is 1. The second kappa shape index (κ2) is 12.7. The number of nitrogens with two attached hydrogens (primary N) is 1. The van der Waals surface area contributed by atoms with E-state index in [0.717, 1.165) is 16.7 Å². The highest BCUT2D eigenvalue weighted by molar-refractivity contribution is 6.31. The molecule has 2 heterocycles. The lowest BCUT2D eigenvalue weighted by molar-refractivity contribution is -0.137. The van der Waals surface area contributed by atoms with Crippen molar-refractivity contribution in [2.75, 3.05) is 25.2 Å². The number of rotatable bonds is 10. The summed E-state index contributed by atoms with van der Waals surface area (Å²) in [6.07, 6.45) is 1.01. The van der Waals surface area contributed by atoms with Gasteiger partial charge in [-0.2, -0.15) is 0 Å². The van der Waals surface area contributed by atoms with Gasteiger partial charge in [0.25, 0.3) is 5.91 Å². The zero-order valence-corrected chi connectivity index (χ0v) is 21.8. The first-order valence-corrected chi connectivity index (χ1v) is 12.8. The molecule has 206 valence electrons. The van der Waals surface area contributed by atoms with Gasteiger partial charge in [0.1, 0.15) is 12.8 Å². The maximum Gasteiger partial charge on any atom is 0.319 e. The Labute approximate surface area is 229 Å². The van der Waals surface area contributed by atoms with Crippen molar-refractivity contribution in [3.8, 4) is 0 Å². The average Bonchev–Trinajstić information content (AvgIpc) is 3.23. The van der Waals surface area contributed by atoms with E-state index in [1.165, 1.54) is 4.90 Å². The van der Waals surface area contributed by atoms with Crippen LogP contribution >= 0.6 is 11.6 Å². The number of imide groups is 1. The Morgan fingerprint density at radius 2 is 1.95 bits per heavy atom. The van der Waals surface area contributed by atoms with Crippen LogP contribution in [0.15, 0.2) is 36.4 Å². The summed E-state index contributed by atoms with van der Waals surface area (Å²) < 4.78 is 5.34. The van der Waals surface area contributed by atoms with E-state index < -0.39 is 18.0 Å². The zero-order chi connectivity index (χ0) is 27.9. The molecule has 2 aromatic carbocycles. The van der Waals surface area contributed by atoms with E-state index >= 15 is 0 Å². The number of amides is 6. The highest BCUT2D eigenvalue weighted by Gasteiger charge is 2.39. The SMILES string of the molecule is NCC(=O)NCOCCc1ccc(NC(=O)NCc2ccc3c(c2)CN(C2CCC(=O)NC2=O)C3=O)cc1Cl. The highest BCUT2D eigenvalue weighted by Crippen LogP contribution is 2.28. The van der Waals surface area contributed by atoms with Gasteiger partial charge in [0.2, 0.25) is 17.7 Å². The summed E-state index contributed by atoms with van der Waals surface area (Å²) in [6, 6.07) is 9.30. The van der Waals surface area contributed by atoms with Gasteiger partial charge in [-0.05, 0) is 47.7 Å². The summed E-state index contributed by atoms with van der Waals surface area (Å²) in [5.41, 5.74) is 8.60. The minimum Gasteiger partial charge on any atom is -0.361 e. The Hall–Kier alpha value is -4.00. The Bertz CT molecular complexity index is 1300. The molecule has 2 aromatic rings. The maximum absolute atomic E-state index is 12.8. The van der Waals surface area contributed by atoms with E-state index in [4.69, 9.17) is 22.1 Å². The molecule has 0 spiro atoms. The number of piperidine rings is 1. The third-order valence-corrected chi connectivity index (χ3v) is 6.78. The first kappa shape index (κ1) is 28.0. The van der Waals surface area contributed by atoms with Crippen molar-refractivity contribution < 1.29 is 28.7 Å². The standard InChI is InChI=1S/C26H29ClN6O6/c27-20-10-18(3-2-16(20)7-8-39-14-30-23(35)11-28)31-26(38)29-12-15-1-4-19-17(9-15)13-33(25(19)37)21-5-6-22(34)32-24(21)36/h1-4,9-10,21H,5-8,11-14,28H2,(H,30,35)(H2,29,31,38)(H,32,34,36). The maximum atomic E-state index is 12.8. The molecule has 0 aliphatic carbocycles. The first-order chi connectivity index (χ1) is 18.7. The van der Waals surface area contributed by atoms with Crippen LogP contribution in [0.3, 0.4) is 0 Å². The number of carbonyl (C=O) groups excluding carboxylic acids is 5. The predicted molar refractivity (Wildman–Crippen MR) is 142 cm³/mol. The quantitative estimate of drug-likeness (QED) is 0.165. The van der Waals surface area contributed by atoms with Gasteiger partial charge in [-0.15, -0.1) is 0 Å². The molecule has 2 aliphatic heterocycles. The fourth-order valence-corrected chi connectivity index (χ4v) is 4.66. The van der Waals surface area contributed by atoms with Gasteiger partial charge in [0, 0.05) is 35.8 Å². The van der Waals surface area contributed by atoms with Crippen molar-refractivity contribution in [2.45, 2.75) is 38.4 Å². The van der Waals surface area contributed by atoms with Crippen LogP contribution in [0.4, 0.5) is 10.5 Å². The lowest BCUT2D eigenvalue weighted by Crippen LogP contribution is -2.52. The smallest absolute Gasteiger partial charge is 0.319 e. The van der Waals surface area contributed by atoms with E-state index in [1.807, 2.05) is 6.07 Å². The van der Waals surface area contributed by atoms with Crippen molar-refractivity contribution in [2.24, 2.45) is 5.73 Å². The van der Waals surface area contributed by atoms with Crippen LogP contribution in [0.2, 0.25) is 5.02 Å². The summed E-state index contributed by atoms with van der Waals surface area (Å²) in [7, 11) is 0. The van der Waals surface area contributed by atoms with Gasteiger partial charge >= 0.3 is 6.03 Å². The number of urea groups is 1. The summed E-state index contributed by atoms with van der Waals surface area (Å²) >= 11 is 6.33. The largest absolute Gasteiger partial charge is 0.361 e. The van der Waals surface area contributed by atoms with Crippen LogP contribution in [0, 0.1) is 0 Å². The van der Waals surface area contributed by atoms with Crippen molar-refractivity contribution >= 4 is 46.9 Å². The number of benzene rings is 2. The predicted octanol–water partition coefficient (Wildman–Crippen LogP) is 1.01. The van der Waals surface area contributed by atoms with Gasteiger partial charge in [-0.25, -0.2) is 4.79 Å². The first-order valence-electron chi connectivity index (χ1n) is 12.4. The molecular formula is C26H29ClN6O6. The second-order valence-electron chi connectivity index (χ2n) is 9.11. The lowest BCUT2D eigenvalue weighted by atomic mass is 10.0. The number of hydrogen-bond acceptors (Lipinski definition) is 7. The molecule has 6 amide bonds. The van der Waals surface area contributed by atoms with Gasteiger partial charge in [-0.3, -0.25) is 24.5 Å². The minimum absolute atomic E-state index is 0.0616. The van der Waals surface area contributed by atoms with E-state index in [-0.39, 0.29) is 50.5 Å². The number of halogens is 1. The average molecular weight is 557 g/mol. The van der Waals surface area contributed by atoms with Crippen molar-refractivity contribution in [3.63, 3.8) is 0 Å². The third-order valence-electron chi connectivity index (χ3n) is 6.42. The molecule has 0 saturated carbocycles. The summed E-state index contributed by atoms with van der Waals surface area (Å²) in [5.74, 6) is -1.34. The van der Waals surface area contributed by atoms with E-state index in [9.17, 15) is 24.0 Å². The Kier molecular flexibility index (Phi) is 9.12. The monoisotopic (exact) mass is 556 g/mol. The van der Waals surface area contributed by atoms with Crippen molar-refractivity contribution in [1.29, 1.82) is 0 Å². The molecule has 12 nitrogen and oxygen atoms in total. The number of nitrogens with one attached hydrogen (secondary N) is 4. The molecule has 2 aliphatic rings. The van der Waals surface area contributed by atoms with Crippen LogP contribution in [0.25, 0.3) is 0 Å². The number of nitrogens with zero attached hydrogens (tertiary/aromatic N) is 1. The highest BCUT2D eigenvalue weighted by atomic mass is 35.5. The Morgan fingerprint density at radius 1 is 1.13 bits per heavy atom. The summed E-state index contributed by atoms with van der Waals surface area (Å²) in [5, 5.41) is 10.8. The molecule has 1 fully saturated rings. The molecule has 0 aromatic heterocycles. The molecule has 6 N–H and O–H groups in total. The Morgan fingerprint density at radius 3 is 2.69 bits per heavy atom. The van der Waals surface area contributed by atoms with Gasteiger partial charge in [-0.1, -0.05) is 29.8 Å². The molecule has 13 heteroatoms. The molecule has 0 bridgehead atoms. The van der Waals surface area contributed by atoms with Crippen molar-refractivity contribution in [1.82, 2.24) is 20.9 Å². The fraction of sp³-hybridized carbons (Fsp3) is 0.346. The van der Waals surface area contributed by atoms with E-state index in [1.54, 1.807) is 30.3 Å². The number of carbonyl (C=O) groups is 5. The number of fused-ring (bicyclic) bond motifs is 1. The molecule has 1 saturated heterocycles. The third kappa shape index (κ3) is 7.11. The molecule has 1 atom stereocenters. The molecule has 4 rings (SSSR count). The zero-order valence-electron chi connectivity index (χ0n) is 21.1. The topological polar surface area (TPSA) is 172 Å². The van der Waals surface area contributed by atoms with Gasteiger partial charge in [0.15, 0.2) is 0 Å². The van der Waals surface area contributed by atoms with Crippen LogP contribution in [0.1, 0.15) is 39.9 Å². The lowest BCUT2D eigenvalue weighted by Gasteiger charge is -2.29. The second-order valence-corrected chi connectivity index (χ2v) is 9.52. The van der Waals surface area contributed by atoms with Crippen LogP contribution in [0.5, 0.6) is 0 Å². The number of ether oxygens (including phenoxy) is 1. The Balaban J connectivity index is 1.25. The summed E-state index contributed by atoms with van der Waals surface area (Å²) in [4.78, 5) is 61.5. The molecule has 1 unspecified atom stereocenters. The van der Waals surface area contributed by atoms with E-state index in [2.05, 4.69) is 21.3 Å². The number of hydrogen-bond donors (Lipinski definition) is 5. The van der Waals surface area contributed by atoms with Crippen molar-refractivity contribution in [3.05, 3.63) is 63.7 Å². The van der Waals surface area contributed by atoms with Crippen LogP contribution in [-0.4, -0.2) is 60.5 Å². The molecule has 0 radical (unpaired) electrons. The van der Waals surface area contributed by atoms with E-state index in [0.29, 0.717) is 35.7 Å². The molecular weight excluding hydrogens is 528 g/mol. The normalized spacial score (nSPS) is 16.5. The van der Waals surface area contributed by atoms with Crippen LogP contribution < -0.4 is 27.0 Å².